The van der Waals surface area contributed by atoms with Crippen molar-refractivity contribution in [3.8, 4) is 0 Å². The van der Waals surface area contributed by atoms with Gasteiger partial charge in [-0.1, -0.05) is 28.1 Å². The highest BCUT2D eigenvalue weighted by molar-refractivity contribution is 9.10. The molecule has 0 saturated heterocycles. The third-order valence-electron chi connectivity index (χ3n) is 3.34. The van der Waals surface area contributed by atoms with Crippen molar-refractivity contribution in [2.45, 2.75) is 17.2 Å². The second-order valence-electron chi connectivity index (χ2n) is 5.12. The Hall–Kier alpha value is -1.80. The van der Waals surface area contributed by atoms with Gasteiger partial charge in [0.05, 0.1) is 4.90 Å². The van der Waals surface area contributed by atoms with E-state index in [1.807, 2.05) is 24.3 Å². The lowest BCUT2D eigenvalue weighted by molar-refractivity contribution is 0.0785. The van der Waals surface area contributed by atoms with Crippen molar-refractivity contribution < 1.29 is 22.0 Å². The summed E-state index contributed by atoms with van der Waals surface area (Å²) in [5.74, 6) is -3.82. The highest BCUT2D eigenvalue weighted by Crippen LogP contribution is 2.19. The molecule has 2 aromatic carbocycles. The van der Waals surface area contributed by atoms with E-state index >= 15 is 0 Å². The number of benzene rings is 2. The molecular weight excluding hydrogens is 404 g/mol. The van der Waals surface area contributed by atoms with E-state index in [9.17, 15) is 22.0 Å². The number of sulfone groups is 1. The molecule has 0 spiro atoms. The monoisotopic (exact) mass is 417 g/mol. The van der Waals surface area contributed by atoms with Crippen LogP contribution in [-0.4, -0.2) is 32.0 Å². The Labute approximate surface area is 147 Å². The SMILES string of the molecule is CN(Cc1ccc(Br)cc1)C(=O)c1ccc(S(=O)(=O)C(F)F)cc1. The van der Waals surface area contributed by atoms with Gasteiger partial charge in [-0.3, -0.25) is 4.79 Å². The number of hydrogen-bond acceptors (Lipinski definition) is 3. The van der Waals surface area contributed by atoms with E-state index in [2.05, 4.69) is 15.9 Å². The van der Waals surface area contributed by atoms with Crippen molar-refractivity contribution in [3.63, 3.8) is 0 Å². The summed E-state index contributed by atoms with van der Waals surface area (Å²) < 4.78 is 48.6. The lowest BCUT2D eigenvalue weighted by atomic mass is 10.1. The van der Waals surface area contributed by atoms with Crippen molar-refractivity contribution in [3.05, 3.63) is 64.1 Å². The minimum atomic E-state index is -4.65. The molecule has 0 aromatic heterocycles. The maximum Gasteiger partial charge on any atom is 0.341 e. The van der Waals surface area contributed by atoms with E-state index in [1.54, 1.807) is 7.05 Å². The summed E-state index contributed by atoms with van der Waals surface area (Å²) in [6.45, 7) is 0.364. The highest BCUT2D eigenvalue weighted by Gasteiger charge is 2.26. The number of halogens is 3. The van der Waals surface area contributed by atoms with Gasteiger partial charge in [-0.2, -0.15) is 8.78 Å². The second kappa shape index (κ2) is 7.40. The number of carbonyl (C=O) groups is 1. The van der Waals surface area contributed by atoms with E-state index in [1.165, 1.54) is 17.0 Å². The van der Waals surface area contributed by atoms with Crippen LogP contribution in [0.2, 0.25) is 0 Å². The van der Waals surface area contributed by atoms with E-state index in [-0.39, 0.29) is 11.5 Å². The number of alkyl halides is 2. The molecule has 0 radical (unpaired) electrons. The Morgan fingerprint density at radius 3 is 2.12 bits per heavy atom. The molecule has 0 aliphatic heterocycles. The van der Waals surface area contributed by atoms with Gasteiger partial charge in [-0.05, 0) is 42.0 Å². The van der Waals surface area contributed by atoms with Gasteiger partial charge in [-0.15, -0.1) is 0 Å². The minimum Gasteiger partial charge on any atom is -0.337 e. The lowest BCUT2D eigenvalue weighted by Crippen LogP contribution is -2.26. The predicted octanol–water partition coefficient (Wildman–Crippen LogP) is 3.72. The fraction of sp³-hybridized carbons (Fsp3) is 0.188. The van der Waals surface area contributed by atoms with Crippen LogP contribution in [0.15, 0.2) is 57.9 Å². The standard InChI is InChI=1S/C16H14BrF2NO3S/c1-20(10-11-2-6-13(17)7-3-11)15(21)12-4-8-14(9-5-12)24(22,23)16(18)19/h2-9,16H,10H2,1H3. The maximum absolute atomic E-state index is 12.5. The van der Waals surface area contributed by atoms with Crippen LogP contribution in [0.1, 0.15) is 15.9 Å². The number of amides is 1. The summed E-state index contributed by atoms with van der Waals surface area (Å²) in [4.78, 5) is 13.3. The molecule has 1 amide bonds. The molecule has 0 N–H and O–H groups in total. The first-order chi connectivity index (χ1) is 11.2. The molecule has 24 heavy (non-hydrogen) atoms. The van der Waals surface area contributed by atoms with Gasteiger partial charge in [0.1, 0.15) is 0 Å². The quantitative estimate of drug-likeness (QED) is 0.744. The summed E-state index contributed by atoms with van der Waals surface area (Å²) in [6.07, 6.45) is 0. The third kappa shape index (κ3) is 4.18. The largest absolute Gasteiger partial charge is 0.341 e. The van der Waals surface area contributed by atoms with Crippen LogP contribution in [0, 0.1) is 0 Å². The van der Waals surface area contributed by atoms with Crippen molar-refractivity contribution in [1.82, 2.24) is 4.90 Å². The van der Waals surface area contributed by atoms with Gasteiger partial charge < -0.3 is 4.90 Å². The summed E-state index contributed by atoms with van der Waals surface area (Å²) in [5.41, 5.74) is 1.15. The number of nitrogens with zero attached hydrogens (tertiary/aromatic N) is 1. The molecule has 0 aliphatic rings. The van der Waals surface area contributed by atoms with Gasteiger partial charge in [0.15, 0.2) is 0 Å². The van der Waals surface area contributed by atoms with Crippen molar-refractivity contribution >= 4 is 31.7 Å². The molecule has 0 saturated carbocycles. The van der Waals surface area contributed by atoms with Crippen LogP contribution >= 0.6 is 15.9 Å². The smallest absolute Gasteiger partial charge is 0.337 e. The minimum absolute atomic E-state index is 0.225. The van der Waals surface area contributed by atoms with Gasteiger partial charge >= 0.3 is 5.76 Å². The molecule has 0 unspecified atom stereocenters. The Morgan fingerprint density at radius 1 is 1.08 bits per heavy atom. The van der Waals surface area contributed by atoms with E-state index in [0.29, 0.717) is 6.54 Å². The van der Waals surface area contributed by atoms with Crippen molar-refractivity contribution in [2.75, 3.05) is 7.05 Å². The van der Waals surface area contributed by atoms with Crippen molar-refractivity contribution in [1.29, 1.82) is 0 Å². The predicted molar refractivity (Wildman–Crippen MR) is 89.6 cm³/mol. The summed E-state index contributed by atoms with van der Waals surface area (Å²) in [7, 11) is -3.05. The van der Waals surface area contributed by atoms with E-state index in [0.717, 1.165) is 22.2 Å². The van der Waals surface area contributed by atoms with Gasteiger partial charge in [0.2, 0.25) is 9.84 Å². The molecule has 128 valence electrons. The third-order valence-corrected chi connectivity index (χ3v) is 5.27. The Balaban J connectivity index is 2.13. The Morgan fingerprint density at radius 2 is 1.62 bits per heavy atom. The molecule has 0 bridgehead atoms. The molecule has 2 aromatic rings. The maximum atomic E-state index is 12.5. The van der Waals surface area contributed by atoms with Crippen LogP contribution in [0.3, 0.4) is 0 Å². The Kier molecular flexibility index (Phi) is 5.71. The molecule has 0 atom stereocenters. The fourth-order valence-corrected chi connectivity index (χ4v) is 3.03. The topological polar surface area (TPSA) is 54.5 Å². The molecule has 0 fully saturated rings. The normalized spacial score (nSPS) is 11.5. The average Bonchev–Trinajstić information content (AvgIpc) is 2.56. The van der Waals surface area contributed by atoms with E-state index < -0.39 is 20.5 Å². The number of rotatable bonds is 5. The lowest BCUT2D eigenvalue weighted by Gasteiger charge is -2.17. The van der Waals surface area contributed by atoms with Crippen LogP contribution in [-0.2, 0) is 16.4 Å². The Bertz CT molecular complexity index is 821. The zero-order valence-corrected chi connectivity index (χ0v) is 15.0. The first kappa shape index (κ1) is 18.5. The number of carbonyl (C=O) groups excluding carboxylic acids is 1. The summed E-state index contributed by atoms with van der Waals surface area (Å²) >= 11 is 3.33. The molecule has 0 aliphatic carbocycles. The highest BCUT2D eigenvalue weighted by atomic mass is 79.9. The molecule has 4 nitrogen and oxygen atoms in total. The zero-order valence-electron chi connectivity index (χ0n) is 12.6. The second-order valence-corrected chi connectivity index (χ2v) is 7.95. The van der Waals surface area contributed by atoms with Crippen LogP contribution in [0.4, 0.5) is 8.78 Å². The zero-order chi connectivity index (χ0) is 17.9. The van der Waals surface area contributed by atoms with Gasteiger partial charge in [-0.25, -0.2) is 8.42 Å². The van der Waals surface area contributed by atoms with Crippen LogP contribution in [0.5, 0.6) is 0 Å². The van der Waals surface area contributed by atoms with E-state index in [4.69, 9.17) is 0 Å². The fourth-order valence-electron chi connectivity index (χ4n) is 2.05. The summed E-state index contributed by atoms with van der Waals surface area (Å²) in [6, 6.07) is 11.9. The molecule has 8 heteroatoms. The summed E-state index contributed by atoms with van der Waals surface area (Å²) in [5, 5.41) is 0. The first-order valence-corrected chi connectivity index (χ1v) is 9.18. The average molecular weight is 418 g/mol. The molecule has 0 heterocycles. The first-order valence-electron chi connectivity index (χ1n) is 6.84. The van der Waals surface area contributed by atoms with Crippen molar-refractivity contribution in [2.24, 2.45) is 0 Å². The number of hydrogen-bond donors (Lipinski definition) is 0. The van der Waals surface area contributed by atoms with Crippen LogP contribution in [0.25, 0.3) is 0 Å². The molecule has 2 rings (SSSR count). The molecular formula is C16H14BrF2NO3S. The van der Waals surface area contributed by atoms with Crippen LogP contribution < -0.4 is 0 Å². The van der Waals surface area contributed by atoms with Gasteiger partial charge in [0.25, 0.3) is 5.91 Å². The van der Waals surface area contributed by atoms with Gasteiger partial charge in [0, 0.05) is 23.6 Å².